The molecule has 3 aromatic carbocycles. The van der Waals surface area contributed by atoms with Crippen LogP contribution in [0.3, 0.4) is 0 Å². The summed E-state index contributed by atoms with van der Waals surface area (Å²) >= 11 is 0. The Morgan fingerprint density at radius 2 is 1.50 bits per heavy atom. The fourth-order valence-electron chi connectivity index (χ4n) is 8.01. The number of nitrogens with zero attached hydrogens (tertiary/aromatic N) is 4. The van der Waals surface area contributed by atoms with Crippen LogP contribution in [-0.2, 0) is 33.9 Å². The summed E-state index contributed by atoms with van der Waals surface area (Å²) in [5.74, 6) is 0.780. The molecule has 2 aliphatic heterocycles. The Bertz CT molecular complexity index is 2010. The van der Waals surface area contributed by atoms with E-state index in [0.29, 0.717) is 11.5 Å². The summed E-state index contributed by atoms with van der Waals surface area (Å²) in [5, 5.41) is 21.5. The van der Waals surface area contributed by atoms with E-state index in [2.05, 4.69) is 11.4 Å². The fourth-order valence-corrected chi connectivity index (χ4v) is 11.3. The van der Waals surface area contributed by atoms with Gasteiger partial charge in [-0.3, -0.25) is 0 Å². The Kier molecular flexibility index (Phi) is 16.6. The Hall–Kier alpha value is -4.97. The van der Waals surface area contributed by atoms with Crippen molar-refractivity contribution < 1.29 is 47.4 Å². The van der Waals surface area contributed by atoms with E-state index in [9.17, 15) is 19.7 Å². The van der Waals surface area contributed by atoms with Crippen molar-refractivity contribution in [2.75, 3.05) is 40.4 Å². The molecule has 0 bridgehead atoms. The molecule has 16 nitrogen and oxygen atoms in total. The van der Waals surface area contributed by atoms with Gasteiger partial charge in [-0.25, -0.2) is 0 Å². The zero-order valence-corrected chi connectivity index (χ0v) is 37.4. The summed E-state index contributed by atoms with van der Waals surface area (Å²) in [6, 6.07) is 27.7. The minimum absolute atomic E-state index is 0.00736. The number of rotatable bonds is 22. The molecule has 4 N–H and O–H groups in total. The quantitative estimate of drug-likeness (QED) is 0.0479. The van der Waals surface area contributed by atoms with E-state index in [1.165, 1.54) is 24.1 Å². The van der Waals surface area contributed by atoms with E-state index in [4.69, 9.17) is 43.9 Å². The number of hydrogen-bond acceptors (Lipinski definition) is 14. The zero-order chi connectivity index (χ0) is 45.1. The van der Waals surface area contributed by atoms with Crippen molar-refractivity contribution in [1.82, 2.24) is 14.9 Å². The molecule has 334 valence electrons. The van der Waals surface area contributed by atoms with Crippen molar-refractivity contribution in [3.05, 3.63) is 108 Å². The molecule has 1 unspecified atom stereocenters. The Labute approximate surface area is 364 Å². The van der Waals surface area contributed by atoms with Crippen molar-refractivity contribution in [3.8, 4) is 23.6 Å². The van der Waals surface area contributed by atoms with Gasteiger partial charge in [0.15, 0.2) is 0 Å². The van der Waals surface area contributed by atoms with Crippen molar-refractivity contribution >= 4 is 19.7 Å². The van der Waals surface area contributed by atoms with Gasteiger partial charge < -0.3 is 0 Å². The number of methoxy groups -OCH3 is 2. The molecule has 0 aromatic heterocycles. The first-order valence-electron chi connectivity index (χ1n) is 20.5. The monoisotopic (exact) mass is 874 g/mol. The predicted octanol–water partition coefficient (Wildman–Crippen LogP) is 5.70. The topological polar surface area (TPSA) is 211 Å². The number of benzene rings is 3. The molecule has 5 atom stereocenters. The number of ketones is 1. The number of carbonyl (C=O) groups excluding carboxylic acids is 2. The summed E-state index contributed by atoms with van der Waals surface area (Å²) in [5.41, 5.74) is 5.44. The molecule has 2 aliphatic rings. The molecule has 5 rings (SSSR count). The number of carbonyl (C=O) groups is 2. The van der Waals surface area contributed by atoms with Crippen LogP contribution in [0, 0.1) is 22.7 Å². The van der Waals surface area contributed by atoms with Gasteiger partial charge in [0.05, 0.1) is 0 Å². The third-order valence-electron chi connectivity index (χ3n) is 10.9. The van der Waals surface area contributed by atoms with Crippen molar-refractivity contribution in [2.24, 2.45) is 5.73 Å². The van der Waals surface area contributed by atoms with Crippen LogP contribution in [0.1, 0.15) is 64.2 Å². The molecule has 62 heavy (non-hydrogen) atoms. The molecular formula is C45H59N6O10P. The van der Waals surface area contributed by atoms with Gasteiger partial charge in [-0.15, -0.1) is 0 Å². The number of ether oxygens (including phenoxy) is 6. The Morgan fingerprint density at radius 1 is 0.935 bits per heavy atom. The first-order chi connectivity index (χ1) is 29.7. The summed E-state index contributed by atoms with van der Waals surface area (Å²) in [4.78, 5) is 40.4. The first kappa shape index (κ1) is 48.1. The van der Waals surface area contributed by atoms with Gasteiger partial charge in [-0.2, -0.15) is 0 Å². The number of hydrogen-bond donors (Lipinski definition) is 3. The molecule has 0 saturated carbocycles. The Balaban J connectivity index is 1.70. The first-order valence-corrected chi connectivity index (χ1v) is 22.5. The summed E-state index contributed by atoms with van der Waals surface area (Å²) in [6.45, 7) is 8.53. The summed E-state index contributed by atoms with van der Waals surface area (Å²) in [6.07, 6.45) is -1.83. The molecule has 3 aromatic rings. The number of nitriles is 2. The van der Waals surface area contributed by atoms with E-state index in [0.717, 1.165) is 16.7 Å². The molecule has 0 spiro atoms. The minimum atomic E-state index is -4.07. The fraction of sp³-hybridized carbons (Fsp3) is 0.467. The number of nitrogens with two attached hydrogens (primary N) is 1. The third kappa shape index (κ3) is 10.6. The standard InChI is InChI=1S/C45H59N6O10P/c1-31(2)51(32(3)4)62(54,28-12-25-47)61-40-39(60-42(41(40)58-30-57-27-11-24-46)50-26-23-44(48,33(5)52)49-43(50)53)29-59-45(34-13-9-8-10-14-34,35-15-19-37(55-6)20-16-35)36-17-21-38(56-7)22-18-36/h8-10,13-23,26,31-32,39-42,54,62H,11-12,27-30,48H2,1-7H3,(H,49,53)/t39-,40-,41-,42-,44?/m1/s1. The maximum absolute atomic E-state index is 13.9. The predicted molar refractivity (Wildman–Crippen MR) is 233 cm³/mol. The second-order valence-corrected chi connectivity index (χ2v) is 18.3. The molecule has 2 heterocycles. The van der Waals surface area contributed by atoms with Crippen LogP contribution in [0.25, 0.3) is 0 Å². The van der Waals surface area contributed by atoms with Gasteiger partial charge in [0.1, 0.15) is 0 Å². The van der Waals surface area contributed by atoms with Gasteiger partial charge in [0.25, 0.3) is 0 Å². The molecule has 0 radical (unpaired) electrons. The number of Topliss-reactive ketones (excluding diaryl/α,β-unsaturated/α-hetero) is 1. The SMILES string of the molecule is COc1ccc(C(OC[C@H]2O[C@@H](N3C=CC(N)(C(C)=O)NC3=O)[C@H](OCOCCC#N)[C@@H]2O[PH](O)(CCC#N)N(C(C)C)C(C)C)(c2ccccc2)c2ccc(OC)cc2)cc1. The summed E-state index contributed by atoms with van der Waals surface area (Å²) in [7, 11) is -0.895. The van der Waals surface area contributed by atoms with Crippen LogP contribution in [0.4, 0.5) is 4.79 Å². The maximum atomic E-state index is 13.9. The zero-order valence-electron chi connectivity index (χ0n) is 36.4. The number of amides is 2. The summed E-state index contributed by atoms with van der Waals surface area (Å²) < 4.78 is 46.1. The van der Waals surface area contributed by atoms with Crippen LogP contribution >= 0.6 is 7.87 Å². The van der Waals surface area contributed by atoms with Crippen LogP contribution in [-0.4, -0.2) is 109 Å². The molecule has 0 aliphatic carbocycles. The number of nitrogens with one attached hydrogen (secondary N) is 1. The third-order valence-corrected chi connectivity index (χ3v) is 14.3. The normalized spacial score (nSPS) is 21.8. The van der Waals surface area contributed by atoms with Gasteiger partial charge >= 0.3 is 365 Å². The van der Waals surface area contributed by atoms with Gasteiger partial charge in [0, 0.05) is 0 Å². The van der Waals surface area contributed by atoms with E-state index >= 15 is 0 Å². The van der Waals surface area contributed by atoms with E-state index in [1.54, 1.807) is 14.2 Å². The molecule has 2 amide bonds. The number of urea groups is 1. The van der Waals surface area contributed by atoms with E-state index < -0.39 is 55.5 Å². The van der Waals surface area contributed by atoms with Crippen LogP contribution in [0.15, 0.2) is 91.1 Å². The Morgan fingerprint density at radius 3 is 2.00 bits per heavy atom. The average molecular weight is 875 g/mol. The van der Waals surface area contributed by atoms with Crippen molar-refractivity contribution in [1.29, 1.82) is 10.5 Å². The average Bonchev–Trinajstić information content (AvgIpc) is 3.58. The van der Waals surface area contributed by atoms with Crippen molar-refractivity contribution in [2.45, 2.75) is 95.3 Å². The molecule has 1 fully saturated rings. The molecule has 17 heteroatoms. The van der Waals surface area contributed by atoms with Gasteiger partial charge in [0.2, 0.25) is 0 Å². The van der Waals surface area contributed by atoms with E-state index in [-0.39, 0.29) is 51.1 Å². The van der Waals surface area contributed by atoms with Gasteiger partial charge in [-0.1, -0.05) is 0 Å². The van der Waals surface area contributed by atoms with Crippen molar-refractivity contribution in [3.63, 3.8) is 0 Å². The van der Waals surface area contributed by atoms with Gasteiger partial charge in [-0.05, 0) is 0 Å². The van der Waals surface area contributed by atoms with Crippen LogP contribution < -0.4 is 20.5 Å². The van der Waals surface area contributed by atoms with E-state index in [1.807, 2.05) is 117 Å². The second kappa shape index (κ2) is 21.4. The molecular weight excluding hydrogens is 816 g/mol. The second-order valence-electron chi connectivity index (χ2n) is 15.6. The van der Waals surface area contributed by atoms with Crippen LogP contribution in [0.5, 0.6) is 11.5 Å². The molecule has 1 saturated heterocycles. The van der Waals surface area contributed by atoms with Crippen LogP contribution in [0.2, 0.25) is 0 Å².